The summed E-state index contributed by atoms with van der Waals surface area (Å²) in [7, 11) is 0. The number of hydrogen-bond acceptors (Lipinski definition) is 3. The van der Waals surface area contributed by atoms with E-state index in [4.69, 9.17) is 16.3 Å². The first-order valence-electron chi connectivity index (χ1n) is 5.19. The van der Waals surface area contributed by atoms with Gasteiger partial charge < -0.3 is 14.8 Å². The van der Waals surface area contributed by atoms with Crippen molar-refractivity contribution in [3.8, 4) is 5.75 Å². The third-order valence-electron chi connectivity index (χ3n) is 2.32. The average molecular weight is 254 g/mol. The Labute approximate surface area is 103 Å². The molecule has 2 aromatic rings. The lowest BCUT2D eigenvalue weighted by Crippen LogP contribution is -2.18. The highest BCUT2D eigenvalue weighted by Gasteiger charge is 2.03. The van der Waals surface area contributed by atoms with Crippen LogP contribution in [0.4, 0.5) is 0 Å². The van der Waals surface area contributed by atoms with Gasteiger partial charge in [0.25, 0.3) is 0 Å². The van der Waals surface area contributed by atoms with E-state index in [2.05, 4.69) is 4.98 Å². The molecule has 0 saturated heterocycles. The van der Waals surface area contributed by atoms with E-state index in [0.717, 1.165) is 10.9 Å². The molecule has 4 nitrogen and oxygen atoms in total. The maximum absolute atomic E-state index is 11.1. The molecule has 90 valence electrons. The summed E-state index contributed by atoms with van der Waals surface area (Å²) in [5.74, 6) is 0.773. The van der Waals surface area contributed by atoms with Crippen molar-refractivity contribution < 1.29 is 9.84 Å². The molecule has 0 fully saturated rings. The molecule has 17 heavy (non-hydrogen) atoms. The zero-order valence-corrected chi connectivity index (χ0v) is 9.78. The predicted octanol–water partition coefficient (Wildman–Crippen LogP) is 1.51. The van der Waals surface area contributed by atoms with Gasteiger partial charge in [-0.3, -0.25) is 4.79 Å². The standard InChI is InChI=1S/C12H12ClNO3/c13-6-9(15)7-17-10-2-3-11-8(5-10)1-4-12(16)14-11/h1-5,9,15H,6-7H2,(H,14,16)/t9-/m0/s1. The molecule has 0 bridgehead atoms. The van der Waals surface area contributed by atoms with E-state index >= 15 is 0 Å². The minimum absolute atomic E-state index is 0.135. The van der Waals surface area contributed by atoms with Gasteiger partial charge in [-0.15, -0.1) is 11.6 Å². The molecule has 0 amide bonds. The number of aromatic nitrogens is 1. The Balaban J connectivity index is 2.20. The first-order valence-corrected chi connectivity index (χ1v) is 5.72. The van der Waals surface area contributed by atoms with Crippen molar-refractivity contribution in [3.63, 3.8) is 0 Å². The molecule has 2 N–H and O–H groups in total. The van der Waals surface area contributed by atoms with E-state index in [0.29, 0.717) is 5.75 Å². The Morgan fingerprint density at radius 2 is 2.18 bits per heavy atom. The van der Waals surface area contributed by atoms with Crippen LogP contribution in [0.15, 0.2) is 35.1 Å². The lowest BCUT2D eigenvalue weighted by molar-refractivity contribution is 0.125. The number of nitrogens with one attached hydrogen (secondary N) is 1. The maximum Gasteiger partial charge on any atom is 0.248 e. The van der Waals surface area contributed by atoms with Crippen molar-refractivity contribution >= 4 is 22.5 Å². The number of benzene rings is 1. The highest BCUT2D eigenvalue weighted by molar-refractivity contribution is 6.18. The smallest absolute Gasteiger partial charge is 0.248 e. The van der Waals surface area contributed by atoms with Gasteiger partial charge in [0.2, 0.25) is 5.56 Å². The van der Waals surface area contributed by atoms with Gasteiger partial charge in [-0.1, -0.05) is 0 Å². The Bertz CT molecular complexity index is 567. The molecular weight excluding hydrogens is 242 g/mol. The van der Waals surface area contributed by atoms with Crippen LogP contribution in [-0.2, 0) is 0 Å². The molecule has 1 heterocycles. The second-order valence-electron chi connectivity index (χ2n) is 3.69. The van der Waals surface area contributed by atoms with E-state index < -0.39 is 6.10 Å². The zero-order valence-electron chi connectivity index (χ0n) is 9.02. The zero-order chi connectivity index (χ0) is 12.3. The number of fused-ring (bicyclic) bond motifs is 1. The first kappa shape index (κ1) is 12.0. The summed E-state index contributed by atoms with van der Waals surface area (Å²) in [5.41, 5.74) is 0.617. The number of pyridine rings is 1. The summed E-state index contributed by atoms with van der Waals surface area (Å²) >= 11 is 5.46. The van der Waals surface area contributed by atoms with Gasteiger partial charge in [-0.05, 0) is 24.3 Å². The molecule has 0 radical (unpaired) electrons. The van der Waals surface area contributed by atoms with Crippen LogP contribution < -0.4 is 10.3 Å². The number of ether oxygens (including phenoxy) is 1. The number of aliphatic hydroxyl groups excluding tert-OH is 1. The van der Waals surface area contributed by atoms with E-state index in [1.54, 1.807) is 24.3 Å². The minimum Gasteiger partial charge on any atom is -0.491 e. The molecule has 1 aromatic carbocycles. The Hall–Kier alpha value is -1.52. The number of aliphatic hydroxyl groups is 1. The van der Waals surface area contributed by atoms with Crippen molar-refractivity contribution in [2.24, 2.45) is 0 Å². The van der Waals surface area contributed by atoms with Gasteiger partial charge in [0.05, 0.1) is 5.88 Å². The van der Waals surface area contributed by atoms with E-state index in [1.807, 2.05) is 0 Å². The van der Waals surface area contributed by atoms with Crippen LogP contribution in [0, 0.1) is 0 Å². The number of aromatic amines is 1. The predicted molar refractivity (Wildman–Crippen MR) is 66.8 cm³/mol. The second kappa shape index (κ2) is 5.21. The first-order chi connectivity index (χ1) is 8.19. The summed E-state index contributed by atoms with van der Waals surface area (Å²) in [6.07, 6.45) is -0.678. The van der Waals surface area contributed by atoms with Gasteiger partial charge in [-0.2, -0.15) is 0 Å². The molecule has 0 aliphatic rings. The van der Waals surface area contributed by atoms with Crippen LogP contribution in [0.2, 0.25) is 0 Å². The highest BCUT2D eigenvalue weighted by Crippen LogP contribution is 2.18. The summed E-state index contributed by atoms with van der Waals surface area (Å²) in [5, 5.41) is 10.1. The van der Waals surface area contributed by atoms with Crippen LogP contribution in [0.3, 0.4) is 0 Å². The van der Waals surface area contributed by atoms with E-state index in [9.17, 15) is 9.90 Å². The summed E-state index contributed by atoms with van der Waals surface area (Å²) in [4.78, 5) is 13.8. The fraction of sp³-hybridized carbons (Fsp3) is 0.250. The molecule has 1 aromatic heterocycles. The SMILES string of the molecule is O=c1ccc2cc(OC[C@@H](O)CCl)ccc2[nH]1. The molecule has 2 rings (SSSR count). The van der Waals surface area contributed by atoms with Gasteiger partial charge in [-0.25, -0.2) is 0 Å². The topological polar surface area (TPSA) is 62.3 Å². The Morgan fingerprint density at radius 1 is 1.35 bits per heavy atom. The molecule has 0 unspecified atom stereocenters. The van der Waals surface area contributed by atoms with Crippen LogP contribution in [0.25, 0.3) is 10.9 Å². The number of alkyl halides is 1. The molecule has 5 heteroatoms. The molecule has 1 atom stereocenters. The molecule has 0 spiro atoms. The number of halogens is 1. The Morgan fingerprint density at radius 3 is 2.94 bits per heavy atom. The van der Waals surface area contributed by atoms with Gasteiger partial charge in [0.1, 0.15) is 18.5 Å². The lowest BCUT2D eigenvalue weighted by atomic mass is 10.2. The van der Waals surface area contributed by atoms with Crippen molar-refractivity contribution in [1.29, 1.82) is 0 Å². The number of H-pyrrole nitrogens is 1. The normalized spacial score (nSPS) is 12.6. The maximum atomic E-state index is 11.1. The lowest BCUT2D eigenvalue weighted by Gasteiger charge is -2.10. The number of rotatable bonds is 4. The van der Waals surface area contributed by atoms with Gasteiger partial charge >= 0.3 is 0 Å². The van der Waals surface area contributed by atoms with E-state index in [1.165, 1.54) is 6.07 Å². The molecular formula is C12H12ClNO3. The van der Waals surface area contributed by atoms with Crippen LogP contribution in [0.5, 0.6) is 5.75 Å². The highest BCUT2D eigenvalue weighted by atomic mass is 35.5. The van der Waals surface area contributed by atoms with Crippen LogP contribution in [-0.4, -0.2) is 28.7 Å². The second-order valence-corrected chi connectivity index (χ2v) is 4.00. The van der Waals surface area contributed by atoms with Gasteiger partial charge in [0, 0.05) is 17.0 Å². The summed E-state index contributed by atoms with van der Waals surface area (Å²) in [6.45, 7) is 0.151. The quantitative estimate of drug-likeness (QED) is 0.812. The fourth-order valence-corrected chi connectivity index (χ4v) is 1.55. The summed E-state index contributed by atoms with van der Waals surface area (Å²) < 4.78 is 5.37. The Kier molecular flexibility index (Phi) is 3.66. The minimum atomic E-state index is -0.678. The number of hydrogen-bond donors (Lipinski definition) is 2. The monoisotopic (exact) mass is 253 g/mol. The largest absolute Gasteiger partial charge is 0.491 e. The third-order valence-corrected chi connectivity index (χ3v) is 2.67. The van der Waals surface area contributed by atoms with Crippen molar-refractivity contribution in [3.05, 3.63) is 40.7 Å². The summed E-state index contributed by atoms with van der Waals surface area (Å²) in [6, 6.07) is 8.48. The molecule has 0 aliphatic heterocycles. The van der Waals surface area contributed by atoms with Crippen LogP contribution in [0.1, 0.15) is 0 Å². The van der Waals surface area contributed by atoms with Crippen molar-refractivity contribution in [1.82, 2.24) is 4.98 Å². The van der Waals surface area contributed by atoms with Gasteiger partial charge in [0.15, 0.2) is 0 Å². The van der Waals surface area contributed by atoms with Crippen molar-refractivity contribution in [2.75, 3.05) is 12.5 Å². The van der Waals surface area contributed by atoms with Crippen molar-refractivity contribution in [2.45, 2.75) is 6.10 Å². The van der Waals surface area contributed by atoms with E-state index in [-0.39, 0.29) is 18.0 Å². The molecule has 0 aliphatic carbocycles. The fourth-order valence-electron chi connectivity index (χ4n) is 1.46. The van der Waals surface area contributed by atoms with Crippen LogP contribution >= 0.6 is 11.6 Å². The average Bonchev–Trinajstić information content (AvgIpc) is 2.35. The molecule has 0 saturated carbocycles. The third kappa shape index (κ3) is 2.99.